The van der Waals surface area contributed by atoms with Gasteiger partial charge in [0.05, 0.1) is 0 Å². The molecule has 1 fully saturated rings. The average Bonchev–Trinajstić information content (AvgIpc) is 2.48. The van der Waals surface area contributed by atoms with E-state index in [2.05, 4.69) is 5.32 Å². The maximum atomic E-state index is 12.9. The number of amides is 2. The SMILES string of the molecule is CCC(C)C1NC(=O)C(C)N(Cc2ccc(F)cc2)C1=O. The maximum Gasteiger partial charge on any atom is 0.246 e. The number of hydrogen-bond acceptors (Lipinski definition) is 2. The Labute approximate surface area is 124 Å². The molecule has 2 rings (SSSR count). The molecule has 1 aliphatic heterocycles. The maximum absolute atomic E-state index is 12.9. The summed E-state index contributed by atoms with van der Waals surface area (Å²) in [5.74, 6) is -0.431. The number of nitrogens with one attached hydrogen (secondary N) is 1. The highest BCUT2D eigenvalue weighted by Gasteiger charge is 2.39. The van der Waals surface area contributed by atoms with Gasteiger partial charge in [0.15, 0.2) is 0 Å². The van der Waals surface area contributed by atoms with Crippen molar-refractivity contribution in [1.29, 1.82) is 0 Å². The third-order valence-electron chi connectivity index (χ3n) is 4.17. The van der Waals surface area contributed by atoms with E-state index in [4.69, 9.17) is 0 Å². The van der Waals surface area contributed by atoms with Crippen LogP contribution < -0.4 is 5.32 Å². The van der Waals surface area contributed by atoms with Crippen LogP contribution in [0.4, 0.5) is 4.39 Å². The van der Waals surface area contributed by atoms with Crippen LogP contribution in [0.25, 0.3) is 0 Å². The summed E-state index contributed by atoms with van der Waals surface area (Å²) in [6.45, 7) is 5.98. The average molecular weight is 292 g/mol. The predicted octanol–water partition coefficient (Wildman–Crippen LogP) is 2.09. The van der Waals surface area contributed by atoms with Gasteiger partial charge < -0.3 is 10.2 Å². The Bertz CT molecular complexity index is 530. The number of carbonyl (C=O) groups is 2. The topological polar surface area (TPSA) is 49.4 Å². The van der Waals surface area contributed by atoms with E-state index >= 15 is 0 Å². The summed E-state index contributed by atoms with van der Waals surface area (Å²) < 4.78 is 12.9. The van der Waals surface area contributed by atoms with Gasteiger partial charge in [-0.25, -0.2) is 4.39 Å². The molecule has 2 amide bonds. The molecule has 1 heterocycles. The zero-order chi connectivity index (χ0) is 15.6. The zero-order valence-electron chi connectivity index (χ0n) is 12.6. The van der Waals surface area contributed by atoms with Crippen molar-refractivity contribution in [3.63, 3.8) is 0 Å². The smallest absolute Gasteiger partial charge is 0.246 e. The van der Waals surface area contributed by atoms with Crippen LogP contribution in [-0.2, 0) is 16.1 Å². The standard InChI is InChI=1S/C16H21FN2O2/c1-4-10(2)14-16(21)19(11(3)15(20)18-14)9-12-5-7-13(17)8-6-12/h5-8,10-11,14H,4,9H2,1-3H3,(H,18,20). The lowest BCUT2D eigenvalue weighted by molar-refractivity contribution is -0.150. The number of nitrogens with zero attached hydrogens (tertiary/aromatic N) is 1. The number of benzene rings is 1. The number of rotatable bonds is 4. The highest BCUT2D eigenvalue weighted by molar-refractivity contribution is 5.96. The van der Waals surface area contributed by atoms with Crippen molar-refractivity contribution in [1.82, 2.24) is 10.2 Å². The lowest BCUT2D eigenvalue weighted by Crippen LogP contribution is -2.63. The Morgan fingerprint density at radius 3 is 2.48 bits per heavy atom. The molecule has 5 heteroatoms. The van der Waals surface area contributed by atoms with Gasteiger partial charge >= 0.3 is 0 Å². The second-order valence-electron chi connectivity index (χ2n) is 5.64. The summed E-state index contributed by atoms with van der Waals surface area (Å²) in [6, 6.07) is 5.02. The molecule has 4 nitrogen and oxygen atoms in total. The molecule has 0 spiro atoms. The van der Waals surface area contributed by atoms with Gasteiger partial charge in [0.2, 0.25) is 11.8 Å². The molecule has 0 aliphatic carbocycles. The first kappa shape index (κ1) is 15.5. The van der Waals surface area contributed by atoms with E-state index in [-0.39, 0.29) is 23.5 Å². The number of halogens is 1. The van der Waals surface area contributed by atoms with Gasteiger partial charge in [-0.05, 0) is 30.5 Å². The third kappa shape index (κ3) is 3.23. The predicted molar refractivity (Wildman–Crippen MR) is 77.8 cm³/mol. The van der Waals surface area contributed by atoms with E-state index in [1.165, 1.54) is 12.1 Å². The van der Waals surface area contributed by atoms with Gasteiger partial charge in [0, 0.05) is 6.54 Å². The summed E-state index contributed by atoms with van der Waals surface area (Å²) in [6.07, 6.45) is 0.815. The molecule has 3 atom stereocenters. The zero-order valence-corrected chi connectivity index (χ0v) is 12.6. The summed E-state index contributed by atoms with van der Waals surface area (Å²) in [7, 11) is 0. The summed E-state index contributed by atoms with van der Waals surface area (Å²) in [4.78, 5) is 26.2. The van der Waals surface area contributed by atoms with Gasteiger partial charge in [-0.15, -0.1) is 0 Å². The van der Waals surface area contributed by atoms with Crippen LogP contribution in [0.3, 0.4) is 0 Å². The van der Waals surface area contributed by atoms with E-state index in [9.17, 15) is 14.0 Å². The quantitative estimate of drug-likeness (QED) is 0.924. The Morgan fingerprint density at radius 2 is 1.90 bits per heavy atom. The molecule has 0 saturated carbocycles. The second kappa shape index (κ2) is 6.24. The first-order valence-electron chi connectivity index (χ1n) is 7.29. The van der Waals surface area contributed by atoms with Crippen molar-refractivity contribution in [3.8, 4) is 0 Å². The van der Waals surface area contributed by atoms with Crippen molar-refractivity contribution in [2.75, 3.05) is 0 Å². The minimum absolute atomic E-state index is 0.0687. The molecule has 3 unspecified atom stereocenters. The van der Waals surface area contributed by atoms with Gasteiger partial charge in [0.1, 0.15) is 17.9 Å². The Hall–Kier alpha value is -1.91. The van der Waals surface area contributed by atoms with Crippen molar-refractivity contribution in [2.24, 2.45) is 5.92 Å². The molecule has 0 aromatic heterocycles. The molecule has 21 heavy (non-hydrogen) atoms. The lowest BCUT2D eigenvalue weighted by atomic mass is 9.94. The van der Waals surface area contributed by atoms with Gasteiger partial charge in [-0.3, -0.25) is 9.59 Å². The molecule has 1 aromatic rings. The van der Waals surface area contributed by atoms with Crippen LogP contribution in [-0.4, -0.2) is 28.8 Å². The van der Waals surface area contributed by atoms with Crippen LogP contribution in [0.2, 0.25) is 0 Å². The van der Waals surface area contributed by atoms with E-state index in [0.717, 1.165) is 12.0 Å². The van der Waals surface area contributed by atoms with Gasteiger partial charge in [0.25, 0.3) is 0 Å². The highest BCUT2D eigenvalue weighted by Crippen LogP contribution is 2.20. The summed E-state index contributed by atoms with van der Waals surface area (Å²) in [5, 5.41) is 2.80. The van der Waals surface area contributed by atoms with Gasteiger partial charge in [-0.2, -0.15) is 0 Å². The van der Waals surface area contributed by atoms with E-state index in [1.54, 1.807) is 24.0 Å². The number of hydrogen-bond donors (Lipinski definition) is 1. The fourth-order valence-electron chi connectivity index (χ4n) is 2.47. The fraction of sp³-hybridized carbons (Fsp3) is 0.500. The molecule has 1 N–H and O–H groups in total. The minimum atomic E-state index is -0.511. The molecule has 1 saturated heterocycles. The molecule has 1 aliphatic rings. The second-order valence-corrected chi connectivity index (χ2v) is 5.64. The Balaban J connectivity index is 2.20. The van der Waals surface area contributed by atoms with Crippen LogP contribution in [0.5, 0.6) is 0 Å². The van der Waals surface area contributed by atoms with Crippen LogP contribution >= 0.6 is 0 Å². The van der Waals surface area contributed by atoms with Crippen LogP contribution in [0.15, 0.2) is 24.3 Å². The molecule has 114 valence electrons. The summed E-state index contributed by atoms with van der Waals surface area (Å²) >= 11 is 0. The normalized spacial score (nSPS) is 23.9. The molecule has 0 radical (unpaired) electrons. The van der Waals surface area contributed by atoms with E-state index < -0.39 is 12.1 Å². The first-order valence-corrected chi connectivity index (χ1v) is 7.29. The number of piperazine rings is 1. The summed E-state index contributed by atoms with van der Waals surface area (Å²) in [5.41, 5.74) is 0.814. The van der Waals surface area contributed by atoms with Crippen molar-refractivity contribution < 1.29 is 14.0 Å². The fourth-order valence-corrected chi connectivity index (χ4v) is 2.47. The Morgan fingerprint density at radius 1 is 1.29 bits per heavy atom. The monoisotopic (exact) mass is 292 g/mol. The van der Waals surface area contributed by atoms with Crippen molar-refractivity contribution in [3.05, 3.63) is 35.6 Å². The van der Waals surface area contributed by atoms with Gasteiger partial charge in [-0.1, -0.05) is 32.4 Å². The number of carbonyl (C=O) groups excluding carboxylic acids is 2. The largest absolute Gasteiger partial charge is 0.342 e. The highest BCUT2D eigenvalue weighted by atomic mass is 19.1. The van der Waals surface area contributed by atoms with Crippen molar-refractivity contribution >= 4 is 11.8 Å². The third-order valence-corrected chi connectivity index (χ3v) is 4.17. The molecular formula is C16H21FN2O2. The van der Waals surface area contributed by atoms with E-state index in [1.807, 2.05) is 13.8 Å². The molecular weight excluding hydrogens is 271 g/mol. The van der Waals surface area contributed by atoms with E-state index in [0.29, 0.717) is 6.54 Å². The Kier molecular flexibility index (Phi) is 4.60. The molecule has 0 bridgehead atoms. The van der Waals surface area contributed by atoms with Crippen LogP contribution in [0, 0.1) is 11.7 Å². The molecule has 1 aromatic carbocycles. The minimum Gasteiger partial charge on any atom is -0.342 e. The lowest BCUT2D eigenvalue weighted by Gasteiger charge is -2.39. The van der Waals surface area contributed by atoms with Crippen LogP contribution in [0.1, 0.15) is 32.8 Å². The van der Waals surface area contributed by atoms with Crippen molar-refractivity contribution in [2.45, 2.75) is 45.8 Å². The first-order chi connectivity index (χ1) is 9.93.